The average Bonchev–Trinajstić information content (AvgIpc) is 2.97. The number of hydrogen-bond acceptors (Lipinski definition) is 4. The highest BCUT2D eigenvalue weighted by Gasteiger charge is 2.25. The first-order valence-electron chi connectivity index (χ1n) is 7.79. The smallest absolute Gasteiger partial charge is 0.326 e. The van der Waals surface area contributed by atoms with Crippen molar-refractivity contribution in [2.75, 3.05) is 14.1 Å². The van der Waals surface area contributed by atoms with Gasteiger partial charge in [-0.15, -0.1) is 0 Å². The number of nitrogens with one attached hydrogen (secondary N) is 1. The fraction of sp³-hybridized carbons (Fsp3) is 0.294. The summed E-state index contributed by atoms with van der Waals surface area (Å²) >= 11 is 0. The Labute approximate surface area is 152 Å². The summed E-state index contributed by atoms with van der Waals surface area (Å²) in [5, 5.41) is 11.8. The summed E-state index contributed by atoms with van der Waals surface area (Å²) < 4.78 is 26.8. The Morgan fingerprint density at radius 2 is 1.85 bits per heavy atom. The number of nitrogens with zero attached hydrogens (tertiary/aromatic N) is 2. The predicted octanol–water partition coefficient (Wildman–Crippen LogP) is 0.701. The second kappa shape index (κ2) is 7.71. The lowest BCUT2D eigenvalue weighted by molar-refractivity contribution is -0.139. The van der Waals surface area contributed by atoms with Crippen LogP contribution in [-0.2, 0) is 28.3 Å². The number of amides is 1. The van der Waals surface area contributed by atoms with Gasteiger partial charge < -0.3 is 15.0 Å². The van der Waals surface area contributed by atoms with Crippen molar-refractivity contribution in [3.63, 3.8) is 0 Å². The molecule has 0 saturated heterocycles. The van der Waals surface area contributed by atoms with Crippen LogP contribution in [0.4, 0.5) is 0 Å². The van der Waals surface area contributed by atoms with Crippen LogP contribution in [0.2, 0.25) is 0 Å². The van der Waals surface area contributed by atoms with Gasteiger partial charge in [-0.2, -0.15) is 0 Å². The van der Waals surface area contributed by atoms with Gasteiger partial charge in [-0.3, -0.25) is 4.79 Å². The van der Waals surface area contributed by atoms with E-state index in [-0.39, 0.29) is 17.0 Å². The molecule has 1 aromatic heterocycles. The van der Waals surface area contributed by atoms with Gasteiger partial charge in [0.05, 0.1) is 0 Å². The van der Waals surface area contributed by atoms with Gasteiger partial charge in [-0.1, -0.05) is 30.3 Å². The lowest BCUT2D eigenvalue weighted by Gasteiger charge is -2.15. The molecule has 140 valence electrons. The topological polar surface area (TPSA) is 109 Å². The van der Waals surface area contributed by atoms with Crippen molar-refractivity contribution >= 4 is 21.9 Å². The number of aliphatic carboxylic acids is 1. The number of aromatic nitrogens is 1. The van der Waals surface area contributed by atoms with E-state index in [0.29, 0.717) is 0 Å². The number of rotatable bonds is 7. The molecule has 1 amide bonds. The Balaban J connectivity index is 2.22. The molecule has 1 aromatic carbocycles. The normalized spacial score (nSPS) is 12.8. The van der Waals surface area contributed by atoms with Gasteiger partial charge in [0.1, 0.15) is 16.6 Å². The number of carbonyl (C=O) groups is 2. The monoisotopic (exact) mass is 379 g/mol. The fourth-order valence-corrected chi connectivity index (χ4v) is 3.37. The second-order valence-electron chi connectivity index (χ2n) is 6.01. The van der Waals surface area contributed by atoms with E-state index in [1.807, 2.05) is 6.07 Å². The van der Waals surface area contributed by atoms with Gasteiger partial charge in [0.2, 0.25) is 10.0 Å². The van der Waals surface area contributed by atoms with E-state index in [4.69, 9.17) is 0 Å². The summed E-state index contributed by atoms with van der Waals surface area (Å²) in [7, 11) is 0.618. The van der Waals surface area contributed by atoms with E-state index in [9.17, 15) is 23.1 Å². The third-order valence-corrected chi connectivity index (χ3v) is 5.66. The summed E-state index contributed by atoms with van der Waals surface area (Å²) in [5.41, 5.74) is 0.827. The molecule has 2 aromatic rings. The van der Waals surface area contributed by atoms with Crippen molar-refractivity contribution in [2.24, 2.45) is 7.05 Å². The van der Waals surface area contributed by atoms with Crippen LogP contribution in [0, 0.1) is 0 Å². The molecule has 1 atom stereocenters. The molecule has 0 bridgehead atoms. The van der Waals surface area contributed by atoms with E-state index in [0.717, 1.165) is 9.87 Å². The number of hydrogen-bond donors (Lipinski definition) is 2. The highest BCUT2D eigenvalue weighted by molar-refractivity contribution is 7.89. The largest absolute Gasteiger partial charge is 0.480 e. The molecule has 0 aliphatic carbocycles. The predicted molar refractivity (Wildman–Crippen MR) is 95.3 cm³/mol. The van der Waals surface area contributed by atoms with Crippen LogP contribution in [0.15, 0.2) is 47.5 Å². The summed E-state index contributed by atoms with van der Waals surface area (Å²) in [6.07, 6.45) is 1.44. The summed E-state index contributed by atoms with van der Waals surface area (Å²) in [5.74, 6) is -1.83. The second-order valence-corrected chi connectivity index (χ2v) is 8.17. The standard InChI is InChI=1S/C17H21N3O5S/c1-19(2)26(24,25)13-10-15(20(3)11-13)16(21)18-14(17(22)23)9-12-7-5-4-6-8-12/h4-8,10-11,14H,9H2,1-3H3,(H,18,21)(H,22,23)/t14-/m0/s1. The number of carboxylic acids is 1. The van der Waals surface area contributed by atoms with Gasteiger partial charge in [0.25, 0.3) is 5.91 Å². The first kappa shape index (κ1) is 19.7. The Hall–Kier alpha value is -2.65. The lowest BCUT2D eigenvalue weighted by Crippen LogP contribution is -2.42. The van der Waals surface area contributed by atoms with Gasteiger partial charge in [0, 0.05) is 33.8 Å². The molecular weight excluding hydrogens is 358 g/mol. The van der Waals surface area contributed by atoms with Crippen LogP contribution in [0.25, 0.3) is 0 Å². The zero-order valence-electron chi connectivity index (χ0n) is 14.7. The third kappa shape index (κ3) is 4.30. The quantitative estimate of drug-likeness (QED) is 0.736. The highest BCUT2D eigenvalue weighted by Crippen LogP contribution is 2.17. The molecule has 2 N–H and O–H groups in total. The molecule has 2 rings (SSSR count). The maximum absolute atomic E-state index is 12.5. The fourth-order valence-electron chi connectivity index (χ4n) is 2.39. The van der Waals surface area contributed by atoms with Crippen molar-refractivity contribution in [2.45, 2.75) is 17.4 Å². The molecule has 0 radical (unpaired) electrons. The maximum Gasteiger partial charge on any atom is 0.326 e. The summed E-state index contributed by atoms with van der Waals surface area (Å²) in [6.45, 7) is 0. The summed E-state index contributed by atoms with van der Waals surface area (Å²) in [4.78, 5) is 23.9. The van der Waals surface area contributed by atoms with Gasteiger partial charge in [-0.05, 0) is 11.6 Å². The minimum atomic E-state index is -3.69. The zero-order chi connectivity index (χ0) is 19.5. The molecule has 8 nitrogen and oxygen atoms in total. The number of carboxylic acid groups (broad SMARTS) is 1. The molecule has 0 saturated carbocycles. The van der Waals surface area contributed by atoms with Crippen LogP contribution < -0.4 is 5.32 Å². The molecule has 0 fully saturated rings. The van der Waals surface area contributed by atoms with E-state index >= 15 is 0 Å². The zero-order valence-corrected chi connectivity index (χ0v) is 15.5. The van der Waals surface area contributed by atoms with Crippen molar-refractivity contribution in [1.29, 1.82) is 0 Å². The first-order valence-corrected chi connectivity index (χ1v) is 9.23. The molecule has 0 aliphatic heterocycles. The van der Waals surface area contributed by atoms with Gasteiger partial charge in [0.15, 0.2) is 0 Å². The number of sulfonamides is 1. The molecule has 0 unspecified atom stereocenters. The SMILES string of the molecule is CN(C)S(=O)(=O)c1cc(C(=O)N[C@@H](Cc2ccccc2)C(=O)O)n(C)c1. The van der Waals surface area contributed by atoms with Crippen LogP contribution >= 0.6 is 0 Å². The summed E-state index contributed by atoms with van der Waals surface area (Å²) in [6, 6.07) is 9.02. The lowest BCUT2D eigenvalue weighted by atomic mass is 10.1. The van der Waals surface area contributed by atoms with Crippen LogP contribution in [0.1, 0.15) is 16.1 Å². The van der Waals surface area contributed by atoms with Crippen LogP contribution in [0.5, 0.6) is 0 Å². The average molecular weight is 379 g/mol. The van der Waals surface area contributed by atoms with E-state index < -0.39 is 27.9 Å². The Morgan fingerprint density at radius 1 is 1.23 bits per heavy atom. The van der Waals surface area contributed by atoms with Gasteiger partial charge in [-0.25, -0.2) is 17.5 Å². The Bertz CT molecular complexity index is 904. The van der Waals surface area contributed by atoms with Gasteiger partial charge >= 0.3 is 5.97 Å². The molecular formula is C17H21N3O5S. The molecule has 0 spiro atoms. The third-order valence-electron chi connectivity index (χ3n) is 3.88. The highest BCUT2D eigenvalue weighted by atomic mass is 32.2. The van der Waals surface area contributed by atoms with E-state index in [1.54, 1.807) is 24.3 Å². The minimum Gasteiger partial charge on any atom is -0.480 e. The number of carbonyl (C=O) groups excluding carboxylic acids is 1. The Kier molecular flexibility index (Phi) is 5.83. The molecule has 0 aliphatic rings. The van der Waals surface area contributed by atoms with Crippen molar-refractivity contribution in [3.05, 3.63) is 53.9 Å². The Morgan fingerprint density at radius 3 is 2.38 bits per heavy atom. The first-order chi connectivity index (χ1) is 12.1. The van der Waals surface area contributed by atoms with E-state index in [2.05, 4.69) is 5.32 Å². The van der Waals surface area contributed by atoms with Crippen molar-refractivity contribution in [3.8, 4) is 0 Å². The van der Waals surface area contributed by atoms with Crippen molar-refractivity contribution in [1.82, 2.24) is 14.2 Å². The van der Waals surface area contributed by atoms with Crippen LogP contribution in [0.3, 0.4) is 0 Å². The minimum absolute atomic E-state index is 0.0370. The molecule has 26 heavy (non-hydrogen) atoms. The molecule has 9 heteroatoms. The maximum atomic E-state index is 12.5. The van der Waals surface area contributed by atoms with Crippen molar-refractivity contribution < 1.29 is 23.1 Å². The van der Waals surface area contributed by atoms with Crippen LogP contribution in [-0.4, -0.2) is 54.4 Å². The number of aryl methyl sites for hydroxylation is 1. The van der Waals surface area contributed by atoms with E-state index in [1.165, 1.54) is 38.0 Å². The number of benzene rings is 1. The molecule has 1 heterocycles.